The molecule has 2 atom stereocenters. The minimum absolute atomic E-state index is 0.137. The summed E-state index contributed by atoms with van der Waals surface area (Å²) >= 11 is 0. The highest BCUT2D eigenvalue weighted by atomic mass is 16.3. The number of carbonyl (C=O) groups is 1. The zero-order valence-corrected chi connectivity index (χ0v) is 13.9. The number of aliphatic hydroxyl groups is 1. The molecule has 5 heteroatoms. The molecule has 1 fully saturated rings. The molecule has 1 amide bonds. The van der Waals surface area contributed by atoms with Gasteiger partial charge in [-0.15, -0.1) is 0 Å². The zero-order valence-electron chi connectivity index (χ0n) is 13.9. The van der Waals surface area contributed by atoms with Gasteiger partial charge in [0.05, 0.1) is 17.7 Å². The van der Waals surface area contributed by atoms with Crippen molar-refractivity contribution in [3.05, 3.63) is 59.7 Å². The summed E-state index contributed by atoms with van der Waals surface area (Å²) in [6, 6.07) is 16.5. The Bertz CT molecular complexity index is 780. The monoisotopic (exact) mass is 335 g/mol. The molecule has 1 saturated carbocycles. The molecular formula is C20H21N3O2. The van der Waals surface area contributed by atoms with E-state index in [2.05, 4.69) is 16.7 Å². The van der Waals surface area contributed by atoms with Gasteiger partial charge in [0.15, 0.2) is 0 Å². The van der Waals surface area contributed by atoms with Crippen LogP contribution >= 0.6 is 0 Å². The summed E-state index contributed by atoms with van der Waals surface area (Å²) < 4.78 is 0. The number of nitrogens with zero attached hydrogens (tertiary/aromatic N) is 1. The fraction of sp³-hybridized carbons (Fsp3) is 0.300. The second kappa shape index (κ2) is 7.82. The van der Waals surface area contributed by atoms with Gasteiger partial charge in [-0.3, -0.25) is 4.79 Å². The van der Waals surface area contributed by atoms with Crippen molar-refractivity contribution in [1.82, 2.24) is 5.32 Å². The number of aliphatic hydroxyl groups excluding tert-OH is 1. The smallest absolute Gasteiger partial charge is 0.251 e. The maximum atomic E-state index is 12.3. The topological polar surface area (TPSA) is 85.2 Å². The molecule has 128 valence electrons. The molecule has 0 spiro atoms. The van der Waals surface area contributed by atoms with Crippen LogP contribution in [0.1, 0.15) is 35.2 Å². The number of hydrogen-bond acceptors (Lipinski definition) is 4. The van der Waals surface area contributed by atoms with E-state index in [0.717, 1.165) is 30.6 Å². The van der Waals surface area contributed by atoms with Gasteiger partial charge in [-0.05, 0) is 55.3 Å². The van der Waals surface area contributed by atoms with Crippen molar-refractivity contribution < 1.29 is 9.90 Å². The maximum Gasteiger partial charge on any atom is 0.251 e. The van der Waals surface area contributed by atoms with E-state index in [-0.39, 0.29) is 17.9 Å². The number of carbonyl (C=O) groups excluding carboxylic acids is 1. The van der Waals surface area contributed by atoms with Gasteiger partial charge in [0, 0.05) is 29.4 Å². The summed E-state index contributed by atoms with van der Waals surface area (Å²) in [5.41, 5.74) is 2.84. The van der Waals surface area contributed by atoms with E-state index in [4.69, 9.17) is 5.26 Å². The largest absolute Gasteiger partial charge is 0.393 e. The second-order valence-corrected chi connectivity index (χ2v) is 6.36. The first-order chi connectivity index (χ1) is 12.2. The Balaban J connectivity index is 1.62. The van der Waals surface area contributed by atoms with E-state index in [1.165, 1.54) is 0 Å². The lowest BCUT2D eigenvalue weighted by Crippen LogP contribution is -2.32. The van der Waals surface area contributed by atoms with Crippen molar-refractivity contribution in [2.75, 3.05) is 11.9 Å². The standard InChI is InChI=1S/C20H21N3O2/c21-12-14-7-9-17(10-8-14)23-18-5-1-3-15(11-18)20(25)22-13-16-4-2-6-19(16)24/h1,3,5,7-11,16,19,23-24H,2,4,6,13H2,(H,22,25). The van der Waals surface area contributed by atoms with Crippen molar-refractivity contribution in [3.8, 4) is 6.07 Å². The van der Waals surface area contributed by atoms with Crippen molar-refractivity contribution in [2.45, 2.75) is 25.4 Å². The fourth-order valence-electron chi connectivity index (χ4n) is 3.11. The zero-order chi connectivity index (χ0) is 17.6. The third-order valence-electron chi connectivity index (χ3n) is 4.57. The van der Waals surface area contributed by atoms with Crippen LogP contribution in [0, 0.1) is 17.2 Å². The Hall–Kier alpha value is -2.84. The predicted octanol–water partition coefficient (Wildman–Crippen LogP) is 3.19. The molecule has 0 aromatic heterocycles. The second-order valence-electron chi connectivity index (χ2n) is 6.36. The van der Waals surface area contributed by atoms with Crippen LogP contribution in [-0.2, 0) is 0 Å². The van der Waals surface area contributed by atoms with Crippen LogP contribution in [0.4, 0.5) is 11.4 Å². The lowest BCUT2D eigenvalue weighted by molar-refractivity contribution is 0.0917. The van der Waals surface area contributed by atoms with Crippen molar-refractivity contribution in [3.63, 3.8) is 0 Å². The van der Waals surface area contributed by atoms with E-state index >= 15 is 0 Å². The lowest BCUT2D eigenvalue weighted by atomic mass is 10.1. The molecular weight excluding hydrogens is 314 g/mol. The molecule has 5 nitrogen and oxygen atoms in total. The fourth-order valence-corrected chi connectivity index (χ4v) is 3.11. The highest BCUT2D eigenvalue weighted by Crippen LogP contribution is 2.25. The summed E-state index contributed by atoms with van der Waals surface area (Å²) in [7, 11) is 0. The summed E-state index contributed by atoms with van der Waals surface area (Å²) in [6.45, 7) is 0.507. The van der Waals surface area contributed by atoms with Crippen LogP contribution in [0.2, 0.25) is 0 Å². The lowest BCUT2D eigenvalue weighted by Gasteiger charge is -2.15. The number of rotatable bonds is 5. The summed E-state index contributed by atoms with van der Waals surface area (Å²) in [5.74, 6) is 0.0199. The molecule has 2 aromatic rings. The quantitative estimate of drug-likeness (QED) is 0.783. The molecule has 2 unspecified atom stereocenters. The molecule has 0 saturated heterocycles. The summed E-state index contributed by atoms with van der Waals surface area (Å²) in [6.07, 6.45) is 2.50. The Morgan fingerprint density at radius 2 is 1.96 bits per heavy atom. The Kier molecular flexibility index (Phi) is 5.32. The third kappa shape index (κ3) is 4.37. The normalized spacial score (nSPS) is 19.2. The number of nitriles is 1. The molecule has 0 heterocycles. The van der Waals surface area contributed by atoms with Gasteiger partial charge >= 0.3 is 0 Å². The first-order valence-corrected chi connectivity index (χ1v) is 8.49. The molecule has 0 radical (unpaired) electrons. The average Bonchev–Trinajstić information content (AvgIpc) is 3.05. The average molecular weight is 335 g/mol. The van der Waals surface area contributed by atoms with Crippen molar-refractivity contribution in [2.24, 2.45) is 5.92 Å². The van der Waals surface area contributed by atoms with Gasteiger partial charge < -0.3 is 15.7 Å². The minimum Gasteiger partial charge on any atom is -0.393 e. The SMILES string of the molecule is N#Cc1ccc(Nc2cccc(C(=O)NCC3CCCC3O)c2)cc1. The van der Waals surface area contributed by atoms with Crippen LogP contribution in [0.15, 0.2) is 48.5 Å². The molecule has 3 N–H and O–H groups in total. The van der Waals surface area contributed by atoms with Gasteiger partial charge in [-0.1, -0.05) is 12.5 Å². The van der Waals surface area contributed by atoms with E-state index in [1.54, 1.807) is 24.3 Å². The van der Waals surface area contributed by atoms with Gasteiger partial charge in [-0.2, -0.15) is 5.26 Å². The number of amides is 1. The summed E-state index contributed by atoms with van der Waals surface area (Å²) in [5, 5.41) is 24.8. The number of benzene rings is 2. The molecule has 0 bridgehead atoms. The molecule has 1 aliphatic carbocycles. The molecule has 1 aliphatic rings. The highest BCUT2D eigenvalue weighted by molar-refractivity contribution is 5.95. The predicted molar refractivity (Wildman–Crippen MR) is 96.6 cm³/mol. The van der Waals surface area contributed by atoms with Crippen molar-refractivity contribution >= 4 is 17.3 Å². The third-order valence-corrected chi connectivity index (χ3v) is 4.57. The van der Waals surface area contributed by atoms with Crippen LogP contribution in [0.5, 0.6) is 0 Å². The number of anilines is 2. The van der Waals surface area contributed by atoms with Gasteiger partial charge in [0.25, 0.3) is 5.91 Å². The Morgan fingerprint density at radius 1 is 1.16 bits per heavy atom. The highest BCUT2D eigenvalue weighted by Gasteiger charge is 2.25. The summed E-state index contributed by atoms with van der Waals surface area (Å²) in [4.78, 5) is 12.3. The van der Waals surface area contributed by atoms with E-state index in [9.17, 15) is 9.90 Å². The molecule has 0 aliphatic heterocycles. The maximum absolute atomic E-state index is 12.3. The van der Waals surface area contributed by atoms with Crippen LogP contribution in [-0.4, -0.2) is 23.7 Å². The van der Waals surface area contributed by atoms with Gasteiger partial charge in [-0.25, -0.2) is 0 Å². The molecule has 25 heavy (non-hydrogen) atoms. The molecule has 2 aromatic carbocycles. The Morgan fingerprint density at radius 3 is 2.64 bits per heavy atom. The first kappa shape index (κ1) is 17.0. The minimum atomic E-state index is -0.301. The van der Waals surface area contributed by atoms with Crippen LogP contribution in [0.3, 0.4) is 0 Å². The number of nitrogens with one attached hydrogen (secondary N) is 2. The van der Waals surface area contributed by atoms with E-state index < -0.39 is 0 Å². The van der Waals surface area contributed by atoms with Crippen LogP contribution in [0.25, 0.3) is 0 Å². The molecule has 3 rings (SSSR count). The van der Waals surface area contributed by atoms with E-state index in [1.807, 2.05) is 24.3 Å². The van der Waals surface area contributed by atoms with Crippen molar-refractivity contribution in [1.29, 1.82) is 5.26 Å². The van der Waals surface area contributed by atoms with Gasteiger partial charge in [0.2, 0.25) is 0 Å². The van der Waals surface area contributed by atoms with E-state index in [0.29, 0.717) is 17.7 Å². The number of hydrogen-bond donors (Lipinski definition) is 3. The first-order valence-electron chi connectivity index (χ1n) is 8.49. The van der Waals surface area contributed by atoms with Crippen LogP contribution < -0.4 is 10.6 Å². The van der Waals surface area contributed by atoms with Gasteiger partial charge in [0.1, 0.15) is 0 Å². The Labute approximate surface area is 147 Å².